The molecule has 0 bridgehead atoms. The van der Waals surface area contributed by atoms with Crippen molar-refractivity contribution in [2.75, 3.05) is 0 Å². The van der Waals surface area contributed by atoms with Crippen LogP contribution in [0.1, 0.15) is 16.7 Å². The summed E-state index contributed by atoms with van der Waals surface area (Å²) >= 11 is 3.28. The maximum absolute atomic E-state index is 14.1. The lowest BCUT2D eigenvalue weighted by molar-refractivity contribution is -0.274. The van der Waals surface area contributed by atoms with Gasteiger partial charge in [-0.2, -0.15) is 5.26 Å². The number of aromatic nitrogens is 2. The molecule has 3 rings (SSSR count). The smallest absolute Gasteiger partial charge is 0.406 e. The van der Waals surface area contributed by atoms with Gasteiger partial charge in [-0.1, -0.05) is 6.07 Å². The minimum Gasteiger partial charge on any atom is -0.406 e. The van der Waals surface area contributed by atoms with Crippen LogP contribution in [0.4, 0.5) is 17.6 Å². The second kappa shape index (κ2) is 6.37. The molecule has 0 fully saturated rings. The van der Waals surface area contributed by atoms with Crippen LogP contribution in [-0.2, 0) is 6.42 Å². The zero-order valence-electron chi connectivity index (χ0n) is 12.3. The number of nitriles is 1. The summed E-state index contributed by atoms with van der Waals surface area (Å²) < 4.78 is 54.9. The zero-order chi connectivity index (χ0) is 18.2. The number of ether oxygens (including phenoxy) is 1. The summed E-state index contributed by atoms with van der Waals surface area (Å²) in [7, 11) is 0. The summed E-state index contributed by atoms with van der Waals surface area (Å²) in [5.41, 5.74) is 2.16. The van der Waals surface area contributed by atoms with Crippen molar-refractivity contribution in [3.63, 3.8) is 0 Å². The van der Waals surface area contributed by atoms with Gasteiger partial charge in [0.1, 0.15) is 17.6 Å². The summed E-state index contributed by atoms with van der Waals surface area (Å²) in [6.45, 7) is 0. The number of alkyl halides is 3. The summed E-state index contributed by atoms with van der Waals surface area (Å²) in [5, 5.41) is 9.19. The van der Waals surface area contributed by atoms with Gasteiger partial charge < -0.3 is 9.72 Å². The molecule has 128 valence electrons. The SMILES string of the molecule is N#Cc1c(Br)cc(Cc2ccc(OC(F)(F)F)cc2F)c2nc[nH]c12. The molecule has 0 atom stereocenters. The van der Waals surface area contributed by atoms with Crippen LogP contribution >= 0.6 is 15.9 Å². The Kier molecular flexibility index (Phi) is 4.39. The molecule has 4 nitrogen and oxygen atoms in total. The van der Waals surface area contributed by atoms with Crippen molar-refractivity contribution in [2.45, 2.75) is 12.8 Å². The Labute approximate surface area is 147 Å². The number of nitrogens with one attached hydrogen (secondary N) is 1. The number of benzene rings is 2. The quantitative estimate of drug-likeness (QED) is 0.625. The molecular weight excluding hydrogens is 406 g/mol. The largest absolute Gasteiger partial charge is 0.573 e. The molecule has 0 aliphatic carbocycles. The monoisotopic (exact) mass is 413 g/mol. The first-order chi connectivity index (χ1) is 11.8. The van der Waals surface area contributed by atoms with Crippen LogP contribution in [0.3, 0.4) is 0 Å². The highest BCUT2D eigenvalue weighted by atomic mass is 79.9. The van der Waals surface area contributed by atoms with Crippen molar-refractivity contribution in [1.29, 1.82) is 5.26 Å². The maximum atomic E-state index is 14.1. The van der Waals surface area contributed by atoms with E-state index in [1.807, 2.05) is 6.07 Å². The zero-order valence-corrected chi connectivity index (χ0v) is 13.9. The highest BCUT2D eigenvalue weighted by Gasteiger charge is 2.31. The molecule has 0 saturated heterocycles. The molecule has 0 spiro atoms. The van der Waals surface area contributed by atoms with E-state index in [0.717, 1.165) is 6.07 Å². The summed E-state index contributed by atoms with van der Waals surface area (Å²) in [4.78, 5) is 6.99. The molecule has 1 aromatic heterocycles. The Hall–Kier alpha value is -2.60. The molecule has 3 aromatic rings. The first kappa shape index (κ1) is 17.2. The van der Waals surface area contributed by atoms with Crippen molar-refractivity contribution in [2.24, 2.45) is 0 Å². The van der Waals surface area contributed by atoms with Gasteiger partial charge in [-0.05, 0) is 39.2 Å². The van der Waals surface area contributed by atoms with Crippen molar-refractivity contribution >= 4 is 27.0 Å². The summed E-state index contributed by atoms with van der Waals surface area (Å²) in [6, 6.07) is 6.64. The van der Waals surface area contributed by atoms with Crippen molar-refractivity contribution in [1.82, 2.24) is 9.97 Å². The lowest BCUT2D eigenvalue weighted by atomic mass is 10.0. The first-order valence-electron chi connectivity index (χ1n) is 6.87. The van der Waals surface area contributed by atoms with E-state index in [2.05, 4.69) is 30.6 Å². The molecule has 0 amide bonds. The van der Waals surface area contributed by atoms with Crippen LogP contribution in [-0.4, -0.2) is 16.3 Å². The van der Waals surface area contributed by atoms with Gasteiger partial charge in [-0.15, -0.1) is 13.2 Å². The first-order valence-corrected chi connectivity index (χ1v) is 7.66. The van der Waals surface area contributed by atoms with Crippen LogP contribution in [0.5, 0.6) is 5.75 Å². The number of nitrogens with zero attached hydrogens (tertiary/aromatic N) is 2. The molecule has 0 radical (unpaired) electrons. The Morgan fingerprint density at radius 1 is 1.24 bits per heavy atom. The molecule has 0 aliphatic heterocycles. The third kappa shape index (κ3) is 3.58. The molecule has 1 N–H and O–H groups in total. The number of fused-ring (bicyclic) bond motifs is 1. The van der Waals surface area contributed by atoms with E-state index in [4.69, 9.17) is 0 Å². The molecule has 9 heteroatoms. The normalized spacial score (nSPS) is 11.5. The lowest BCUT2D eigenvalue weighted by Gasteiger charge is -2.11. The fourth-order valence-corrected chi connectivity index (χ4v) is 3.02. The third-order valence-corrected chi connectivity index (χ3v) is 4.11. The standard InChI is InChI=1S/C16H8BrF4N3O/c17-12-4-9(14-15(11(12)6-22)24-7-23-14)3-8-1-2-10(5-13(8)18)25-16(19,20)21/h1-2,4-5,7H,3H2,(H,23,24). The number of aromatic amines is 1. The van der Waals surface area contributed by atoms with Crippen molar-refractivity contribution in [3.8, 4) is 11.8 Å². The van der Waals surface area contributed by atoms with E-state index in [1.165, 1.54) is 12.4 Å². The van der Waals surface area contributed by atoms with Gasteiger partial charge in [-0.3, -0.25) is 0 Å². The predicted molar refractivity (Wildman–Crippen MR) is 84.4 cm³/mol. The number of rotatable bonds is 3. The summed E-state index contributed by atoms with van der Waals surface area (Å²) in [6.07, 6.45) is -3.38. The van der Waals surface area contributed by atoms with Gasteiger partial charge in [-0.25, -0.2) is 9.37 Å². The fraction of sp³-hybridized carbons (Fsp3) is 0.125. The van der Waals surface area contributed by atoms with Gasteiger partial charge >= 0.3 is 6.36 Å². The Morgan fingerprint density at radius 3 is 2.64 bits per heavy atom. The van der Waals surface area contributed by atoms with Gasteiger partial charge in [0.25, 0.3) is 0 Å². The van der Waals surface area contributed by atoms with E-state index in [9.17, 15) is 22.8 Å². The van der Waals surface area contributed by atoms with E-state index >= 15 is 0 Å². The molecule has 2 aromatic carbocycles. The van der Waals surface area contributed by atoms with Gasteiger partial charge in [0.05, 0.1) is 22.9 Å². The minimum atomic E-state index is -4.88. The van der Waals surface area contributed by atoms with Crippen molar-refractivity contribution < 1.29 is 22.3 Å². The Balaban J connectivity index is 1.97. The number of H-pyrrole nitrogens is 1. The van der Waals surface area contributed by atoms with Crippen LogP contribution in [0.2, 0.25) is 0 Å². The highest BCUT2D eigenvalue weighted by Crippen LogP contribution is 2.30. The number of hydrogen-bond acceptors (Lipinski definition) is 3. The number of hydrogen-bond donors (Lipinski definition) is 1. The second-order valence-corrected chi connectivity index (χ2v) is 5.96. The topological polar surface area (TPSA) is 61.7 Å². The third-order valence-electron chi connectivity index (χ3n) is 3.48. The number of imidazole rings is 1. The van der Waals surface area contributed by atoms with Gasteiger partial charge in [0.15, 0.2) is 0 Å². The molecular formula is C16H8BrF4N3O. The van der Waals surface area contributed by atoms with Crippen LogP contribution in [0.25, 0.3) is 11.0 Å². The lowest BCUT2D eigenvalue weighted by Crippen LogP contribution is -2.17. The van der Waals surface area contributed by atoms with Crippen molar-refractivity contribution in [3.05, 3.63) is 57.6 Å². The molecule has 0 saturated carbocycles. The van der Waals surface area contributed by atoms with E-state index in [0.29, 0.717) is 32.7 Å². The predicted octanol–water partition coefficient (Wildman–Crippen LogP) is 4.83. The second-order valence-electron chi connectivity index (χ2n) is 5.11. The summed E-state index contributed by atoms with van der Waals surface area (Å²) in [5.74, 6) is -1.45. The fourth-order valence-electron chi connectivity index (χ4n) is 2.46. The van der Waals surface area contributed by atoms with Crippen LogP contribution in [0, 0.1) is 17.1 Å². The van der Waals surface area contributed by atoms with E-state index in [1.54, 1.807) is 6.07 Å². The van der Waals surface area contributed by atoms with E-state index in [-0.39, 0.29) is 12.0 Å². The molecule has 0 aliphatic rings. The highest BCUT2D eigenvalue weighted by molar-refractivity contribution is 9.10. The van der Waals surface area contributed by atoms with E-state index < -0.39 is 17.9 Å². The average Bonchev–Trinajstić information content (AvgIpc) is 2.98. The molecule has 0 unspecified atom stereocenters. The molecule has 1 heterocycles. The minimum absolute atomic E-state index is 0.0871. The van der Waals surface area contributed by atoms with Crippen LogP contribution in [0.15, 0.2) is 35.1 Å². The Bertz CT molecular complexity index is 991. The Morgan fingerprint density at radius 2 is 2.00 bits per heavy atom. The van der Waals surface area contributed by atoms with Gasteiger partial charge in [0, 0.05) is 17.0 Å². The number of halogens is 5. The average molecular weight is 414 g/mol. The van der Waals surface area contributed by atoms with Gasteiger partial charge in [0.2, 0.25) is 0 Å². The molecule has 25 heavy (non-hydrogen) atoms. The maximum Gasteiger partial charge on any atom is 0.573 e. The van der Waals surface area contributed by atoms with Crippen LogP contribution < -0.4 is 4.74 Å².